The lowest BCUT2D eigenvalue weighted by molar-refractivity contribution is -0.134. The minimum atomic E-state index is -0.198. The molecule has 1 saturated carbocycles. The topological polar surface area (TPSA) is 49.8 Å². The maximum absolute atomic E-state index is 12.3. The van der Waals surface area contributed by atoms with Gasteiger partial charge in [-0.1, -0.05) is 6.42 Å². The van der Waals surface area contributed by atoms with E-state index in [0.717, 1.165) is 45.1 Å². The van der Waals surface area contributed by atoms with E-state index in [0.29, 0.717) is 12.3 Å². The number of likely N-dealkylation sites (tertiary alicyclic amines) is 1. The van der Waals surface area contributed by atoms with Crippen LogP contribution in [0.15, 0.2) is 0 Å². The maximum atomic E-state index is 12.3. The lowest BCUT2D eigenvalue weighted by Gasteiger charge is -2.31. The van der Waals surface area contributed by atoms with E-state index in [4.69, 9.17) is 4.74 Å². The average molecular weight is 269 g/mol. The van der Waals surface area contributed by atoms with Crippen LogP contribution < -0.4 is 0 Å². The number of ether oxygens (including phenoxy) is 1. The summed E-state index contributed by atoms with van der Waals surface area (Å²) < 4.78 is 5.20. The number of carbonyl (C=O) groups is 1. The van der Waals surface area contributed by atoms with Crippen LogP contribution in [-0.2, 0) is 9.53 Å². The Bertz CT molecular complexity index is 308. The Kier molecular flexibility index (Phi) is 5.22. The van der Waals surface area contributed by atoms with E-state index in [1.807, 2.05) is 11.8 Å². The van der Waals surface area contributed by atoms with Gasteiger partial charge in [0.25, 0.3) is 0 Å². The summed E-state index contributed by atoms with van der Waals surface area (Å²) in [6, 6.07) is 0.280. The molecule has 0 aromatic heterocycles. The number of nitrogens with zero attached hydrogens (tertiary/aromatic N) is 1. The van der Waals surface area contributed by atoms with Gasteiger partial charge in [0, 0.05) is 32.0 Å². The zero-order valence-corrected chi connectivity index (χ0v) is 12.2. The molecule has 2 rings (SSSR count). The number of amides is 1. The Labute approximate surface area is 116 Å². The van der Waals surface area contributed by atoms with E-state index in [1.54, 1.807) is 7.11 Å². The second kappa shape index (κ2) is 6.71. The summed E-state index contributed by atoms with van der Waals surface area (Å²) in [6.45, 7) is 2.86. The van der Waals surface area contributed by atoms with E-state index in [-0.39, 0.29) is 24.2 Å². The molecule has 4 nitrogen and oxygen atoms in total. The number of carbonyl (C=O) groups excluding carboxylic acids is 1. The third kappa shape index (κ3) is 3.48. The van der Waals surface area contributed by atoms with Crippen molar-refractivity contribution >= 4 is 5.91 Å². The van der Waals surface area contributed by atoms with Crippen molar-refractivity contribution < 1.29 is 14.6 Å². The van der Waals surface area contributed by atoms with Gasteiger partial charge < -0.3 is 14.7 Å². The van der Waals surface area contributed by atoms with Gasteiger partial charge in [-0.25, -0.2) is 0 Å². The van der Waals surface area contributed by atoms with Crippen molar-refractivity contribution in [2.75, 3.05) is 13.7 Å². The number of hydrogen-bond acceptors (Lipinski definition) is 3. The highest BCUT2D eigenvalue weighted by molar-refractivity contribution is 5.76. The van der Waals surface area contributed by atoms with Gasteiger partial charge in [-0.05, 0) is 39.0 Å². The molecule has 19 heavy (non-hydrogen) atoms. The zero-order chi connectivity index (χ0) is 13.8. The smallest absolute Gasteiger partial charge is 0.222 e. The monoisotopic (exact) mass is 269 g/mol. The molecule has 0 aromatic carbocycles. The summed E-state index contributed by atoms with van der Waals surface area (Å²) in [6.07, 6.45) is 6.52. The van der Waals surface area contributed by atoms with Crippen molar-refractivity contribution in [2.45, 2.75) is 70.1 Å². The minimum Gasteiger partial charge on any atom is -0.393 e. The SMILES string of the molecule is COC(C)CCC(=O)N1CCCC1C1CCCC1O. The van der Waals surface area contributed by atoms with Crippen molar-refractivity contribution in [3.63, 3.8) is 0 Å². The molecule has 0 bridgehead atoms. The first-order valence-electron chi connectivity index (χ1n) is 7.63. The quantitative estimate of drug-likeness (QED) is 0.830. The first-order chi connectivity index (χ1) is 9.13. The first-order valence-corrected chi connectivity index (χ1v) is 7.63. The standard InChI is InChI=1S/C15H27NO3/c1-11(19-2)8-9-15(18)16-10-4-6-13(16)12-5-3-7-14(12)17/h11-14,17H,3-10H2,1-2H3. The Hall–Kier alpha value is -0.610. The summed E-state index contributed by atoms with van der Waals surface area (Å²) in [5.74, 6) is 0.553. The van der Waals surface area contributed by atoms with Crippen molar-refractivity contribution in [3.8, 4) is 0 Å². The summed E-state index contributed by atoms with van der Waals surface area (Å²) in [4.78, 5) is 14.4. The highest BCUT2D eigenvalue weighted by Crippen LogP contribution is 2.36. The molecule has 1 saturated heterocycles. The largest absolute Gasteiger partial charge is 0.393 e. The molecule has 1 aliphatic carbocycles. The van der Waals surface area contributed by atoms with Crippen LogP contribution in [-0.4, -0.2) is 47.8 Å². The lowest BCUT2D eigenvalue weighted by atomic mass is 9.94. The fraction of sp³-hybridized carbons (Fsp3) is 0.933. The van der Waals surface area contributed by atoms with Gasteiger partial charge in [0.1, 0.15) is 0 Å². The fourth-order valence-corrected chi connectivity index (χ4v) is 3.55. The molecular formula is C15H27NO3. The zero-order valence-electron chi connectivity index (χ0n) is 12.2. The van der Waals surface area contributed by atoms with Crippen LogP contribution in [0.1, 0.15) is 51.9 Å². The fourth-order valence-electron chi connectivity index (χ4n) is 3.55. The van der Waals surface area contributed by atoms with Gasteiger partial charge in [-0.2, -0.15) is 0 Å². The molecule has 2 fully saturated rings. The summed E-state index contributed by atoms with van der Waals surface area (Å²) in [7, 11) is 1.68. The van der Waals surface area contributed by atoms with E-state index >= 15 is 0 Å². The lowest BCUT2D eigenvalue weighted by Crippen LogP contribution is -2.42. The van der Waals surface area contributed by atoms with Crippen LogP contribution in [0, 0.1) is 5.92 Å². The molecule has 2 aliphatic rings. The molecule has 0 spiro atoms. The van der Waals surface area contributed by atoms with Crippen LogP contribution in [0.4, 0.5) is 0 Å². The molecule has 4 atom stereocenters. The Morgan fingerprint density at radius 2 is 2.16 bits per heavy atom. The summed E-state index contributed by atoms with van der Waals surface area (Å²) in [5.41, 5.74) is 0. The third-order valence-corrected chi connectivity index (χ3v) is 4.81. The molecule has 0 aromatic rings. The van der Waals surface area contributed by atoms with Gasteiger partial charge in [0.05, 0.1) is 12.2 Å². The Morgan fingerprint density at radius 3 is 2.79 bits per heavy atom. The predicted molar refractivity (Wildman–Crippen MR) is 73.8 cm³/mol. The van der Waals surface area contributed by atoms with E-state index in [2.05, 4.69) is 0 Å². The summed E-state index contributed by atoms with van der Waals surface area (Å²) in [5, 5.41) is 10.0. The Balaban J connectivity index is 1.89. The maximum Gasteiger partial charge on any atom is 0.222 e. The summed E-state index contributed by atoms with van der Waals surface area (Å²) >= 11 is 0. The van der Waals surface area contributed by atoms with Crippen LogP contribution in [0.5, 0.6) is 0 Å². The normalized spacial score (nSPS) is 32.8. The van der Waals surface area contributed by atoms with Gasteiger partial charge in [-0.15, -0.1) is 0 Å². The van der Waals surface area contributed by atoms with E-state index < -0.39 is 0 Å². The van der Waals surface area contributed by atoms with Gasteiger partial charge in [0.15, 0.2) is 0 Å². The number of aliphatic hydroxyl groups excluding tert-OH is 1. The van der Waals surface area contributed by atoms with Crippen LogP contribution >= 0.6 is 0 Å². The van der Waals surface area contributed by atoms with Gasteiger partial charge in [-0.3, -0.25) is 4.79 Å². The Morgan fingerprint density at radius 1 is 1.37 bits per heavy atom. The molecule has 1 amide bonds. The molecule has 1 heterocycles. The molecule has 4 unspecified atom stereocenters. The number of rotatable bonds is 5. The second-order valence-corrected chi connectivity index (χ2v) is 6.04. The minimum absolute atomic E-state index is 0.141. The number of hydrogen-bond donors (Lipinski definition) is 1. The third-order valence-electron chi connectivity index (χ3n) is 4.81. The predicted octanol–water partition coefficient (Wildman–Crippen LogP) is 1.95. The van der Waals surface area contributed by atoms with Crippen LogP contribution in [0.25, 0.3) is 0 Å². The van der Waals surface area contributed by atoms with Crippen molar-refractivity contribution in [3.05, 3.63) is 0 Å². The molecule has 4 heteroatoms. The highest BCUT2D eigenvalue weighted by atomic mass is 16.5. The molecule has 0 radical (unpaired) electrons. The first kappa shape index (κ1) is 14.8. The van der Waals surface area contributed by atoms with Gasteiger partial charge >= 0.3 is 0 Å². The van der Waals surface area contributed by atoms with E-state index in [1.165, 1.54) is 0 Å². The van der Waals surface area contributed by atoms with Crippen LogP contribution in [0.2, 0.25) is 0 Å². The molecule has 110 valence electrons. The molecule has 1 N–H and O–H groups in total. The second-order valence-electron chi connectivity index (χ2n) is 6.04. The number of aliphatic hydroxyl groups is 1. The van der Waals surface area contributed by atoms with Crippen molar-refractivity contribution in [1.29, 1.82) is 0 Å². The molecular weight excluding hydrogens is 242 g/mol. The van der Waals surface area contributed by atoms with Crippen molar-refractivity contribution in [1.82, 2.24) is 4.90 Å². The average Bonchev–Trinajstić information content (AvgIpc) is 3.03. The number of methoxy groups -OCH3 is 1. The highest BCUT2D eigenvalue weighted by Gasteiger charge is 2.39. The van der Waals surface area contributed by atoms with Crippen LogP contribution in [0.3, 0.4) is 0 Å². The molecule has 1 aliphatic heterocycles. The van der Waals surface area contributed by atoms with Gasteiger partial charge in [0.2, 0.25) is 5.91 Å². The van der Waals surface area contributed by atoms with E-state index in [9.17, 15) is 9.90 Å². The van der Waals surface area contributed by atoms with Crippen molar-refractivity contribution in [2.24, 2.45) is 5.92 Å².